The third kappa shape index (κ3) is 5.49. The van der Waals surface area contributed by atoms with E-state index in [1.807, 2.05) is 0 Å². The molecule has 27 heavy (non-hydrogen) atoms. The van der Waals surface area contributed by atoms with Crippen LogP contribution in [-0.4, -0.2) is 37.0 Å². The van der Waals surface area contributed by atoms with Crippen LogP contribution in [0, 0.1) is 0 Å². The number of carbonyl (C=O) groups is 3. The minimum Gasteiger partial charge on any atom is -0.481 e. The Morgan fingerprint density at radius 2 is 1.56 bits per heavy atom. The molecule has 2 rings (SSSR count). The molecule has 0 saturated heterocycles. The molecular weight excluding hydrogens is 467 g/mol. The summed E-state index contributed by atoms with van der Waals surface area (Å²) in [5.74, 6) is -3.52. The predicted octanol–water partition coefficient (Wildman–Crippen LogP) is 2.46. The van der Waals surface area contributed by atoms with Gasteiger partial charge in [-0.15, -0.1) is 3.22 Å². The van der Waals surface area contributed by atoms with Crippen molar-refractivity contribution in [2.45, 2.75) is 18.8 Å². The minimum absolute atomic E-state index is 0.152. The summed E-state index contributed by atoms with van der Waals surface area (Å²) in [4.78, 5) is 35.6. The smallest absolute Gasteiger partial charge is 0.354 e. The number of nitrogens with zero attached hydrogens (tertiary/aromatic N) is 1. The zero-order chi connectivity index (χ0) is 19.9. The van der Waals surface area contributed by atoms with Crippen molar-refractivity contribution in [3.05, 3.63) is 71.8 Å². The summed E-state index contributed by atoms with van der Waals surface area (Å²) in [5, 5.41) is 18.9. The van der Waals surface area contributed by atoms with Gasteiger partial charge in [0.25, 0.3) is 11.6 Å². The Labute approximate surface area is 169 Å². The van der Waals surface area contributed by atoms with E-state index in [1.54, 1.807) is 60.7 Å². The highest BCUT2D eigenvalue weighted by Gasteiger charge is 2.48. The number of nitrogens with one attached hydrogen (secondary N) is 1. The molecule has 142 valence electrons. The standard InChI is InChI=1S/C18H17IN2O6/c19-21(20-16(24)14-9-5-2-6-10-14)18(17(25)26,11-15(22)23)27-12-13-7-3-1-4-8-13/h1-10H,11-12H2,(H,20,24)(H,22,23)(H,25,26). The van der Waals surface area contributed by atoms with E-state index in [-0.39, 0.29) is 12.2 Å². The number of carboxylic acid groups (broad SMARTS) is 2. The molecule has 0 heterocycles. The second-order valence-corrected chi connectivity index (χ2v) is 6.49. The van der Waals surface area contributed by atoms with Crippen LogP contribution in [0.2, 0.25) is 0 Å². The molecule has 0 aromatic heterocycles. The normalized spacial score (nSPS) is 13.0. The van der Waals surface area contributed by atoms with Gasteiger partial charge in [-0.3, -0.25) is 15.0 Å². The Balaban J connectivity index is 2.25. The zero-order valence-electron chi connectivity index (χ0n) is 14.0. The van der Waals surface area contributed by atoms with Crippen LogP contribution in [0.3, 0.4) is 0 Å². The van der Waals surface area contributed by atoms with Crippen LogP contribution in [0.5, 0.6) is 0 Å². The summed E-state index contributed by atoms with van der Waals surface area (Å²) in [6.07, 6.45) is -0.882. The molecule has 1 amide bonds. The number of benzene rings is 2. The fourth-order valence-corrected chi connectivity index (χ4v) is 2.95. The molecule has 0 saturated carbocycles. The molecule has 0 spiro atoms. The van der Waals surface area contributed by atoms with Crippen LogP contribution in [0.25, 0.3) is 0 Å². The predicted molar refractivity (Wildman–Crippen MR) is 104 cm³/mol. The Morgan fingerprint density at radius 1 is 1.00 bits per heavy atom. The fraction of sp³-hybridized carbons (Fsp3) is 0.167. The monoisotopic (exact) mass is 484 g/mol. The Kier molecular flexibility index (Phi) is 7.28. The zero-order valence-corrected chi connectivity index (χ0v) is 16.2. The molecule has 0 bridgehead atoms. The Hall–Kier alpha value is -2.50. The van der Waals surface area contributed by atoms with E-state index in [9.17, 15) is 24.6 Å². The van der Waals surface area contributed by atoms with Crippen LogP contribution >= 0.6 is 22.9 Å². The minimum atomic E-state index is -2.30. The maximum Gasteiger partial charge on any atom is 0.354 e. The molecule has 3 N–H and O–H groups in total. The van der Waals surface area contributed by atoms with Crippen LogP contribution in [0.4, 0.5) is 0 Å². The number of aliphatic carboxylic acids is 2. The molecule has 9 heteroatoms. The lowest BCUT2D eigenvalue weighted by molar-refractivity contribution is -0.194. The van der Waals surface area contributed by atoms with Gasteiger partial charge >= 0.3 is 11.9 Å². The number of rotatable bonds is 9. The number of hydrogen-bond donors (Lipinski definition) is 3. The van der Waals surface area contributed by atoms with Crippen LogP contribution in [0.1, 0.15) is 22.3 Å². The van der Waals surface area contributed by atoms with Crippen molar-refractivity contribution in [2.75, 3.05) is 0 Å². The number of hydrazine groups is 1. The number of amides is 1. The van der Waals surface area contributed by atoms with E-state index >= 15 is 0 Å². The highest BCUT2D eigenvalue weighted by Crippen LogP contribution is 2.26. The van der Waals surface area contributed by atoms with Gasteiger partial charge in [-0.25, -0.2) is 4.79 Å². The van der Waals surface area contributed by atoms with Gasteiger partial charge in [0, 0.05) is 28.4 Å². The maximum atomic E-state index is 12.3. The van der Waals surface area contributed by atoms with Crippen molar-refractivity contribution >= 4 is 40.7 Å². The number of carbonyl (C=O) groups excluding carboxylic acids is 1. The van der Waals surface area contributed by atoms with Gasteiger partial charge in [0.05, 0.1) is 6.61 Å². The molecule has 1 unspecified atom stereocenters. The average molecular weight is 484 g/mol. The molecule has 2 aromatic carbocycles. The lowest BCUT2D eigenvalue weighted by Crippen LogP contribution is -2.59. The molecule has 0 aliphatic carbocycles. The number of carboxylic acids is 2. The maximum absolute atomic E-state index is 12.3. The Morgan fingerprint density at radius 3 is 2.07 bits per heavy atom. The van der Waals surface area contributed by atoms with E-state index in [1.165, 1.54) is 22.9 Å². The van der Waals surface area contributed by atoms with Gasteiger partial charge in [-0.05, 0) is 17.7 Å². The summed E-state index contributed by atoms with van der Waals surface area (Å²) in [5.41, 5.74) is 1.02. The van der Waals surface area contributed by atoms with Crippen molar-refractivity contribution in [3.8, 4) is 0 Å². The second-order valence-electron chi connectivity index (χ2n) is 5.52. The highest BCUT2D eigenvalue weighted by atomic mass is 127. The SMILES string of the molecule is O=C(O)CC(OCc1ccccc1)(C(=O)O)N(I)NC(=O)c1ccccc1. The molecule has 0 aliphatic rings. The Bertz CT molecular complexity index is 802. The van der Waals surface area contributed by atoms with Crippen molar-refractivity contribution in [1.82, 2.24) is 8.65 Å². The van der Waals surface area contributed by atoms with Gasteiger partial charge in [-0.1, -0.05) is 48.5 Å². The molecule has 0 aliphatic heterocycles. The van der Waals surface area contributed by atoms with Gasteiger partial charge in [-0.2, -0.15) is 0 Å². The van der Waals surface area contributed by atoms with E-state index in [4.69, 9.17) is 4.74 Å². The van der Waals surface area contributed by atoms with Crippen LogP contribution in [0.15, 0.2) is 60.7 Å². The van der Waals surface area contributed by atoms with Gasteiger partial charge in [0.2, 0.25) is 0 Å². The summed E-state index contributed by atoms with van der Waals surface area (Å²) < 4.78 is 6.36. The van der Waals surface area contributed by atoms with Crippen molar-refractivity contribution in [3.63, 3.8) is 0 Å². The number of hydrogen-bond acceptors (Lipinski definition) is 5. The summed E-state index contributed by atoms with van der Waals surface area (Å²) in [6.45, 7) is -0.152. The topological polar surface area (TPSA) is 116 Å². The van der Waals surface area contributed by atoms with E-state index < -0.39 is 30.0 Å². The van der Waals surface area contributed by atoms with Crippen molar-refractivity contribution in [2.24, 2.45) is 0 Å². The van der Waals surface area contributed by atoms with E-state index in [2.05, 4.69) is 5.43 Å². The third-order valence-electron chi connectivity index (χ3n) is 3.60. The quantitative estimate of drug-likeness (QED) is 0.217. The van der Waals surface area contributed by atoms with Crippen molar-refractivity contribution < 1.29 is 29.3 Å². The molecule has 0 fully saturated rings. The first-order valence-electron chi connectivity index (χ1n) is 7.80. The lowest BCUT2D eigenvalue weighted by atomic mass is 10.1. The molecule has 1 atom stereocenters. The molecule has 8 nitrogen and oxygen atoms in total. The van der Waals surface area contributed by atoms with Gasteiger partial charge in [0.1, 0.15) is 6.42 Å². The summed E-state index contributed by atoms with van der Waals surface area (Å²) in [6, 6.07) is 16.8. The number of ether oxygens (including phenoxy) is 1. The van der Waals surface area contributed by atoms with E-state index in [0.717, 1.165) is 3.22 Å². The molecule has 0 radical (unpaired) electrons. The largest absolute Gasteiger partial charge is 0.481 e. The molecule has 2 aromatic rings. The third-order valence-corrected chi connectivity index (χ3v) is 4.62. The summed E-state index contributed by atoms with van der Waals surface area (Å²) in [7, 11) is 0. The number of halogens is 1. The van der Waals surface area contributed by atoms with E-state index in [0.29, 0.717) is 5.56 Å². The van der Waals surface area contributed by atoms with Gasteiger partial charge in [0.15, 0.2) is 0 Å². The van der Waals surface area contributed by atoms with Crippen LogP contribution < -0.4 is 5.43 Å². The van der Waals surface area contributed by atoms with Gasteiger partial charge < -0.3 is 14.9 Å². The average Bonchev–Trinajstić information content (AvgIpc) is 2.66. The first-order chi connectivity index (χ1) is 12.8. The molecular formula is C18H17IN2O6. The highest BCUT2D eigenvalue weighted by molar-refractivity contribution is 14.1. The first kappa shape index (κ1) is 20.8. The second kappa shape index (κ2) is 9.44. The first-order valence-corrected chi connectivity index (χ1v) is 8.77. The van der Waals surface area contributed by atoms with Crippen LogP contribution in [-0.2, 0) is 20.9 Å². The lowest BCUT2D eigenvalue weighted by Gasteiger charge is -2.34. The summed E-state index contributed by atoms with van der Waals surface area (Å²) >= 11 is 1.52. The fourth-order valence-electron chi connectivity index (χ4n) is 2.21. The van der Waals surface area contributed by atoms with Crippen molar-refractivity contribution in [1.29, 1.82) is 0 Å².